The van der Waals surface area contributed by atoms with E-state index in [2.05, 4.69) is 30.6 Å². The van der Waals surface area contributed by atoms with E-state index in [-0.39, 0.29) is 18.2 Å². The molecule has 3 nitrogen and oxygen atoms in total. The number of rotatable bonds is 12. The first-order valence-electron chi connectivity index (χ1n) is 7.92. The normalized spacial score (nSPS) is 11.4. The number of carbonyl (C=O) groups is 2. The second-order valence-corrected chi connectivity index (χ2v) is 5.88. The summed E-state index contributed by atoms with van der Waals surface area (Å²) in [6.45, 7) is 3.93. The molecule has 0 rings (SSSR count). The first-order chi connectivity index (χ1) is 10.1. The van der Waals surface area contributed by atoms with E-state index >= 15 is 0 Å². The maximum absolute atomic E-state index is 11.7. The molecule has 0 aliphatic heterocycles. The monoisotopic (exact) mass is 311 g/mol. The van der Waals surface area contributed by atoms with Gasteiger partial charge in [-0.15, -0.1) is 5.73 Å². The van der Waals surface area contributed by atoms with E-state index < -0.39 is 5.25 Å². The Balaban J connectivity index is 3.66. The van der Waals surface area contributed by atoms with Crippen molar-refractivity contribution in [2.45, 2.75) is 70.5 Å². The first kappa shape index (κ1) is 20.0. The second-order valence-electron chi connectivity index (χ2n) is 5.25. The predicted molar refractivity (Wildman–Crippen MR) is 91.7 cm³/mol. The van der Waals surface area contributed by atoms with Crippen molar-refractivity contribution in [1.29, 1.82) is 0 Å². The molecular formula is C17H29NO2S. The Morgan fingerprint density at radius 3 is 2.48 bits per heavy atom. The summed E-state index contributed by atoms with van der Waals surface area (Å²) in [5.74, 6) is -0.135. The number of hydrogen-bond donors (Lipinski definition) is 2. The highest BCUT2D eigenvalue weighted by Crippen LogP contribution is 2.07. The molecule has 0 aromatic carbocycles. The predicted octanol–water partition coefficient (Wildman–Crippen LogP) is 3.84. The van der Waals surface area contributed by atoms with Crippen molar-refractivity contribution in [3.05, 3.63) is 17.9 Å². The largest absolute Gasteiger partial charge is 0.355 e. The van der Waals surface area contributed by atoms with Gasteiger partial charge in [-0.05, 0) is 25.0 Å². The number of carbonyl (C=O) groups excluding carboxylic acids is 2. The number of allylic oxidation sites excluding steroid dienone is 1. The summed E-state index contributed by atoms with van der Waals surface area (Å²) in [5, 5.41) is 2.15. The van der Waals surface area contributed by atoms with Crippen LogP contribution in [0.5, 0.6) is 0 Å². The van der Waals surface area contributed by atoms with Crippen LogP contribution in [0.4, 0.5) is 0 Å². The van der Waals surface area contributed by atoms with Crippen molar-refractivity contribution < 1.29 is 9.59 Å². The fraction of sp³-hybridized carbons (Fsp3) is 0.706. The van der Waals surface area contributed by atoms with Crippen LogP contribution < -0.4 is 5.32 Å². The Morgan fingerprint density at radius 2 is 1.81 bits per heavy atom. The number of ketones is 1. The molecule has 0 aromatic heterocycles. The van der Waals surface area contributed by atoms with E-state index in [4.69, 9.17) is 0 Å². The number of amides is 1. The molecule has 0 aromatic rings. The van der Waals surface area contributed by atoms with Crippen molar-refractivity contribution in [1.82, 2.24) is 5.32 Å². The summed E-state index contributed by atoms with van der Waals surface area (Å²) in [6, 6.07) is 0. The Morgan fingerprint density at radius 1 is 1.14 bits per heavy atom. The third-order valence-corrected chi connectivity index (χ3v) is 3.63. The van der Waals surface area contributed by atoms with Gasteiger partial charge in [0.1, 0.15) is 0 Å². The quantitative estimate of drug-likeness (QED) is 0.327. The molecular weight excluding hydrogens is 282 g/mol. The molecule has 0 spiro atoms. The molecule has 120 valence electrons. The molecule has 1 N–H and O–H groups in total. The van der Waals surface area contributed by atoms with Gasteiger partial charge in [0.2, 0.25) is 5.91 Å². The Kier molecular flexibility index (Phi) is 13.3. The van der Waals surface area contributed by atoms with Gasteiger partial charge in [-0.2, -0.15) is 12.6 Å². The lowest BCUT2D eigenvalue weighted by atomic mass is 10.1. The van der Waals surface area contributed by atoms with E-state index in [1.165, 1.54) is 45.4 Å². The van der Waals surface area contributed by atoms with E-state index in [0.29, 0.717) is 6.42 Å². The summed E-state index contributed by atoms with van der Waals surface area (Å²) in [7, 11) is 0. The molecule has 0 unspecified atom stereocenters. The van der Waals surface area contributed by atoms with Crippen LogP contribution in [-0.4, -0.2) is 23.5 Å². The SMILES string of the molecule is CCCCCCCCC=C=CCC(=O)[C@@H](S)CNC(C)=O. The highest BCUT2D eigenvalue weighted by molar-refractivity contribution is 7.81. The molecule has 0 aliphatic carbocycles. The van der Waals surface area contributed by atoms with E-state index in [1.807, 2.05) is 6.08 Å². The summed E-state index contributed by atoms with van der Waals surface area (Å²) in [5.41, 5.74) is 3.05. The van der Waals surface area contributed by atoms with E-state index in [9.17, 15) is 9.59 Å². The molecule has 0 saturated carbocycles. The average Bonchev–Trinajstić information content (AvgIpc) is 2.46. The lowest BCUT2D eigenvalue weighted by molar-refractivity contribution is -0.119. The van der Waals surface area contributed by atoms with E-state index in [1.54, 1.807) is 6.08 Å². The van der Waals surface area contributed by atoms with Crippen LogP contribution >= 0.6 is 12.6 Å². The van der Waals surface area contributed by atoms with Crippen LogP contribution in [-0.2, 0) is 9.59 Å². The van der Waals surface area contributed by atoms with Gasteiger partial charge in [0, 0.05) is 19.9 Å². The van der Waals surface area contributed by atoms with Gasteiger partial charge in [-0.1, -0.05) is 39.0 Å². The Labute approximate surface area is 134 Å². The summed E-state index contributed by atoms with van der Waals surface area (Å²) in [6.07, 6.45) is 12.8. The molecule has 1 amide bonds. The number of unbranched alkanes of at least 4 members (excludes halogenated alkanes) is 6. The van der Waals surface area contributed by atoms with Gasteiger partial charge < -0.3 is 5.32 Å². The first-order valence-corrected chi connectivity index (χ1v) is 8.44. The molecule has 0 saturated heterocycles. The minimum absolute atomic E-state index is 0.00699. The molecule has 21 heavy (non-hydrogen) atoms. The van der Waals surface area contributed by atoms with Crippen LogP contribution in [0, 0.1) is 0 Å². The van der Waals surface area contributed by atoms with Gasteiger partial charge in [0.25, 0.3) is 0 Å². The molecule has 0 radical (unpaired) electrons. The van der Waals surface area contributed by atoms with Crippen molar-refractivity contribution in [2.75, 3.05) is 6.54 Å². The maximum Gasteiger partial charge on any atom is 0.216 e. The minimum atomic E-state index is -0.439. The molecule has 0 fully saturated rings. The highest BCUT2D eigenvalue weighted by Gasteiger charge is 2.12. The Hall–Kier alpha value is -0.990. The maximum atomic E-state index is 11.7. The second kappa shape index (κ2) is 14.0. The lowest BCUT2D eigenvalue weighted by Gasteiger charge is -2.07. The summed E-state index contributed by atoms with van der Waals surface area (Å²) >= 11 is 4.18. The van der Waals surface area contributed by atoms with Crippen molar-refractivity contribution in [2.24, 2.45) is 0 Å². The van der Waals surface area contributed by atoms with Gasteiger partial charge in [0.15, 0.2) is 5.78 Å². The van der Waals surface area contributed by atoms with Gasteiger partial charge in [-0.3, -0.25) is 9.59 Å². The summed E-state index contributed by atoms with van der Waals surface area (Å²) in [4.78, 5) is 22.4. The lowest BCUT2D eigenvalue weighted by Crippen LogP contribution is -2.31. The zero-order valence-electron chi connectivity index (χ0n) is 13.4. The number of hydrogen-bond acceptors (Lipinski definition) is 3. The number of nitrogens with one attached hydrogen (secondary N) is 1. The molecule has 0 heterocycles. The molecule has 0 bridgehead atoms. The fourth-order valence-corrected chi connectivity index (χ4v) is 2.04. The zero-order valence-corrected chi connectivity index (χ0v) is 14.3. The summed E-state index contributed by atoms with van der Waals surface area (Å²) < 4.78 is 0. The van der Waals surface area contributed by atoms with E-state index in [0.717, 1.165) is 6.42 Å². The van der Waals surface area contributed by atoms with Crippen LogP contribution in [0.25, 0.3) is 0 Å². The number of thiol groups is 1. The zero-order chi connectivity index (χ0) is 15.9. The third-order valence-electron chi connectivity index (χ3n) is 3.16. The van der Waals surface area contributed by atoms with Gasteiger partial charge in [-0.25, -0.2) is 0 Å². The standard InChI is InChI=1S/C17H29NO2S/c1-3-4-5-6-7-8-9-10-11-12-13-16(20)17(21)14-18-15(2)19/h10,12,17,21H,3-9,13-14H2,1-2H3,(H,18,19)/t11?,17-/m0/s1. The van der Waals surface area contributed by atoms with Crippen LogP contribution in [0.2, 0.25) is 0 Å². The molecule has 0 aliphatic rings. The van der Waals surface area contributed by atoms with Gasteiger partial charge >= 0.3 is 0 Å². The minimum Gasteiger partial charge on any atom is -0.355 e. The van der Waals surface area contributed by atoms with Crippen LogP contribution in [0.3, 0.4) is 0 Å². The van der Waals surface area contributed by atoms with Crippen molar-refractivity contribution in [3.63, 3.8) is 0 Å². The smallest absolute Gasteiger partial charge is 0.216 e. The fourth-order valence-electron chi connectivity index (χ4n) is 1.84. The van der Waals surface area contributed by atoms with Crippen molar-refractivity contribution in [3.8, 4) is 0 Å². The van der Waals surface area contributed by atoms with Gasteiger partial charge in [0.05, 0.1) is 5.25 Å². The van der Waals surface area contributed by atoms with Crippen LogP contribution in [0.15, 0.2) is 17.9 Å². The highest BCUT2D eigenvalue weighted by atomic mass is 32.1. The molecule has 4 heteroatoms. The van der Waals surface area contributed by atoms with Crippen molar-refractivity contribution >= 4 is 24.3 Å². The third kappa shape index (κ3) is 13.7. The average molecular weight is 311 g/mol. The molecule has 1 atom stereocenters. The topological polar surface area (TPSA) is 46.2 Å². The Bertz CT molecular complexity index is 360. The number of Topliss-reactive ketones (excluding diaryl/α,β-unsaturated/α-hetero) is 1. The van der Waals surface area contributed by atoms with Crippen LogP contribution in [0.1, 0.15) is 65.2 Å².